The van der Waals surface area contributed by atoms with Crippen LogP contribution < -0.4 is 16.2 Å². The summed E-state index contributed by atoms with van der Waals surface area (Å²) < 4.78 is 0. The maximum Gasteiger partial charge on any atom is 0.271 e. The van der Waals surface area contributed by atoms with Crippen LogP contribution in [0.4, 0.5) is 0 Å². The summed E-state index contributed by atoms with van der Waals surface area (Å²) in [5.41, 5.74) is -0.101. The van der Waals surface area contributed by atoms with Crippen molar-refractivity contribution in [1.29, 1.82) is 0 Å². The number of amides is 1. The molecule has 6 nitrogen and oxygen atoms in total. The lowest BCUT2D eigenvalue weighted by Gasteiger charge is -2.04. The van der Waals surface area contributed by atoms with Crippen molar-refractivity contribution in [3.63, 3.8) is 0 Å². The number of hydrogen-bond donors (Lipinski definition) is 3. The van der Waals surface area contributed by atoms with Crippen LogP contribution in [0.3, 0.4) is 0 Å². The highest BCUT2D eigenvalue weighted by Gasteiger charge is 2.05. The first-order chi connectivity index (χ1) is 7.74. The highest BCUT2D eigenvalue weighted by Crippen LogP contribution is 1.87. The van der Waals surface area contributed by atoms with E-state index in [2.05, 4.69) is 27.8 Å². The van der Waals surface area contributed by atoms with Gasteiger partial charge in [-0.2, -0.15) is 5.10 Å². The van der Waals surface area contributed by atoms with Crippen LogP contribution in [0.25, 0.3) is 0 Å². The van der Waals surface area contributed by atoms with Gasteiger partial charge in [0.25, 0.3) is 11.5 Å². The van der Waals surface area contributed by atoms with Crippen molar-refractivity contribution in [2.75, 3.05) is 19.6 Å². The van der Waals surface area contributed by atoms with Crippen LogP contribution in [0.1, 0.15) is 23.8 Å². The van der Waals surface area contributed by atoms with Gasteiger partial charge in [0.15, 0.2) is 0 Å². The van der Waals surface area contributed by atoms with E-state index in [0.29, 0.717) is 6.54 Å². The second kappa shape index (κ2) is 6.73. The predicted molar refractivity (Wildman–Crippen MR) is 60.4 cm³/mol. The molecule has 0 saturated carbocycles. The van der Waals surface area contributed by atoms with E-state index < -0.39 is 0 Å². The van der Waals surface area contributed by atoms with Gasteiger partial charge in [0, 0.05) is 19.2 Å². The average Bonchev–Trinajstić information content (AvgIpc) is 2.29. The van der Waals surface area contributed by atoms with Gasteiger partial charge in [-0.05, 0) is 19.0 Å². The van der Waals surface area contributed by atoms with Crippen molar-refractivity contribution < 1.29 is 4.79 Å². The summed E-state index contributed by atoms with van der Waals surface area (Å²) in [4.78, 5) is 22.2. The third-order valence-electron chi connectivity index (χ3n) is 1.93. The van der Waals surface area contributed by atoms with E-state index in [1.54, 1.807) is 0 Å². The standard InChI is InChI=1S/C10H16N4O2/c1-2-5-11-6-7-12-10(16)8-3-4-9(15)14-13-8/h3-4,11H,2,5-7H2,1H3,(H,12,16)(H,14,15). The third-order valence-corrected chi connectivity index (χ3v) is 1.93. The van der Waals surface area contributed by atoms with Crippen molar-refractivity contribution in [3.05, 3.63) is 28.2 Å². The molecule has 3 N–H and O–H groups in total. The molecule has 0 unspecified atom stereocenters. The summed E-state index contributed by atoms with van der Waals surface area (Å²) in [5.74, 6) is -0.283. The van der Waals surface area contributed by atoms with E-state index in [1.807, 2.05) is 0 Å². The second-order valence-corrected chi connectivity index (χ2v) is 3.31. The van der Waals surface area contributed by atoms with Gasteiger partial charge in [-0.15, -0.1) is 0 Å². The Morgan fingerprint density at radius 1 is 1.38 bits per heavy atom. The van der Waals surface area contributed by atoms with Crippen LogP contribution in [-0.2, 0) is 0 Å². The summed E-state index contributed by atoms with van der Waals surface area (Å²) in [7, 11) is 0. The topological polar surface area (TPSA) is 86.9 Å². The van der Waals surface area contributed by atoms with Crippen molar-refractivity contribution >= 4 is 5.91 Å². The Morgan fingerprint density at radius 3 is 2.81 bits per heavy atom. The van der Waals surface area contributed by atoms with Gasteiger partial charge in [0.2, 0.25) is 0 Å². The van der Waals surface area contributed by atoms with Crippen molar-refractivity contribution in [3.8, 4) is 0 Å². The Balaban J connectivity index is 2.30. The lowest BCUT2D eigenvalue weighted by atomic mass is 10.3. The zero-order chi connectivity index (χ0) is 11.8. The largest absolute Gasteiger partial charge is 0.349 e. The minimum Gasteiger partial charge on any atom is -0.349 e. The van der Waals surface area contributed by atoms with Gasteiger partial charge in [0.05, 0.1) is 0 Å². The fourth-order valence-electron chi connectivity index (χ4n) is 1.13. The quantitative estimate of drug-likeness (QED) is 0.568. The first-order valence-corrected chi connectivity index (χ1v) is 5.28. The molecular formula is C10H16N4O2. The summed E-state index contributed by atoms with van der Waals surface area (Å²) in [6, 6.07) is 2.67. The summed E-state index contributed by atoms with van der Waals surface area (Å²) in [5, 5.41) is 11.7. The van der Waals surface area contributed by atoms with Gasteiger partial charge >= 0.3 is 0 Å². The summed E-state index contributed by atoms with van der Waals surface area (Å²) in [6.07, 6.45) is 1.06. The van der Waals surface area contributed by atoms with E-state index in [1.165, 1.54) is 12.1 Å². The molecule has 88 valence electrons. The van der Waals surface area contributed by atoms with Crippen molar-refractivity contribution in [2.45, 2.75) is 13.3 Å². The maximum atomic E-state index is 11.5. The second-order valence-electron chi connectivity index (χ2n) is 3.31. The highest BCUT2D eigenvalue weighted by atomic mass is 16.2. The molecule has 1 aromatic rings. The Hall–Kier alpha value is -1.69. The Labute approximate surface area is 93.5 Å². The van der Waals surface area contributed by atoms with Crippen LogP contribution in [0.2, 0.25) is 0 Å². The number of carbonyl (C=O) groups excluding carboxylic acids is 1. The normalized spacial score (nSPS) is 10.1. The van der Waals surface area contributed by atoms with E-state index in [4.69, 9.17) is 0 Å². The molecule has 0 saturated heterocycles. The number of H-pyrrole nitrogens is 1. The highest BCUT2D eigenvalue weighted by molar-refractivity contribution is 5.91. The van der Waals surface area contributed by atoms with Crippen LogP contribution >= 0.6 is 0 Å². The van der Waals surface area contributed by atoms with Crippen LogP contribution in [-0.4, -0.2) is 35.7 Å². The number of nitrogens with zero attached hydrogens (tertiary/aromatic N) is 1. The molecular weight excluding hydrogens is 208 g/mol. The molecule has 1 heterocycles. The van der Waals surface area contributed by atoms with Crippen LogP contribution in [0, 0.1) is 0 Å². The number of aromatic nitrogens is 2. The Bertz CT molecular complexity index is 368. The molecule has 6 heteroatoms. The smallest absolute Gasteiger partial charge is 0.271 e. The minimum atomic E-state index is -0.318. The molecule has 0 aliphatic heterocycles. The number of nitrogens with one attached hydrogen (secondary N) is 3. The number of aromatic amines is 1. The SMILES string of the molecule is CCCNCCNC(=O)c1ccc(=O)[nH]n1. The average molecular weight is 224 g/mol. The molecule has 0 atom stereocenters. The molecule has 1 aromatic heterocycles. The molecule has 0 bridgehead atoms. The first-order valence-electron chi connectivity index (χ1n) is 5.28. The molecule has 0 aromatic carbocycles. The van der Waals surface area contributed by atoms with Crippen molar-refractivity contribution in [2.24, 2.45) is 0 Å². The number of hydrogen-bond acceptors (Lipinski definition) is 4. The fourth-order valence-corrected chi connectivity index (χ4v) is 1.13. The fraction of sp³-hybridized carbons (Fsp3) is 0.500. The molecule has 1 rings (SSSR count). The first kappa shape index (κ1) is 12.4. The Morgan fingerprint density at radius 2 is 2.19 bits per heavy atom. The van der Waals surface area contributed by atoms with E-state index in [9.17, 15) is 9.59 Å². The maximum absolute atomic E-state index is 11.5. The predicted octanol–water partition coefficient (Wildman–Crippen LogP) is -0.501. The number of carbonyl (C=O) groups is 1. The lowest BCUT2D eigenvalue weighted by molar-refractivity contribution is 0.0948. The molecule has 16 heavy (non-hydrogen) atoms. The molecule has 0 aliphatic rings. The molecule has 1 amide bonds. The minimum absolute atomic E-state index is 0.218. The van der Waals surface area contributed by atoms with E-state index in [-0.39, 0.29) is 17.2 Å². The lowest BCUT2D eigenvalue weighted by Crippen LogP contribution is -2.33. The molecule has 0 radical (unpaired) electrons. The zero-order valence-corrected chi connectivity index (χ0v) is 9.25. The zero-order valence-electron chi connectivity index (χ0n) is 9.25. The monoisotopic (exact) mass is 224 g/mol. The third kappa shape index (κ3) is 4.22. The summed E-state index contributed by atoms with van der Waals surface area (Å²) in [6.45, 7) is 4.28. The van der Waals surface area contributed by atoms with Crippen LogP contribution in [0.15, 0.2) is 16.9 Å². The van der Waals surface area contributed by atoms with Gasteiger partial charge in [-0.3, -0.25) is 9.59 Å². The molecule has 0 spiro atoms. The van der Waals surface area contributed by atoms with Gasteiger partial charge in [-0.25, -0.2) is 5.10 Å². The number of rotatable bonds is 6. The Kier molecular flexibility index (Phi) is 5.21. The van der Waals surface area contributed by atoms with Gasteiger partial charge < -0.3 is 10.6 Å². The van der Waals surface area contributed by atoms with Gasteiger partial charge in [0.1, 0.15) is 5.69 Å². The van der Waals surface area contributed by atoms with E-state index in [0.717, 1.165) is 19.5 Å². The van der Waals surface area contributed by atoms with Crippen LogP contribution in [0.5, 0.6) is 0 Å². The van der Waals surface area contributed by atoms with Crippen molar-refractivity contribution in [1.82, 2.24) is 20.8 Å². The van der Waals surface area contributed by atoms with Gasteiger partial charge in [-0.1, -0.05) is 6.92 Å². The summed E-state index contributed by atoms with van der Waals surface area (Å²) >= 11 is 0. The molecule has 0 aliphatic carbocycles. The van der Waals surface area contributed by atoms with E-state index >= 15 is 0 Å². The molecule has 0 fully saturated rings.